The molecule has 0 atom stereocenters. The molecule has 0 saturated heterocycles. The van der Waals surface area contributed by atoms with Crippen molar-refractivity contribution in [2.45, 2.75) is 6.92 Å². The van der Waals surface area contributed by atoms with Gasteiger partial charge in [-0.3, -0.25) is 4.79 Å². The van der Waals surface area contributed by atoms with Crippen molar-refractivity contribution < 1.29 is 9.18 Å². The summed E-state index contributed by atoms with van der Waals surface area (Å²) in [4.78, 5) is 15.6. The van der Waals surface area contributed by atoms with E-state index in [2.05, 4.69) is 4.98 Å². The highest BCUT2D eigenvalue weighted by Gasteiger charge is 2.16. The van der Waals surface area contributed by atoms with Crippen molar-refractivity contribution in [1.29, 1.82) is 0 Å². The van der Waals surface area contributed by atoms with E-state index >= 15 is 0 Å². The van der Waals surface area contributed by atoms with Gasteiger partial charge in [0.25, 0.3) is 0 Å². The number of rotatable bonds is 2. The van der Waals surface area contributed by atoms with Crippen molar-refractivity contribution in [2.75, 3.05) is 0 Å². The molecular formula is C16H11ClFNO. The predicted octanol–water partition coefficient (Wildman–Crippen LogP) is 4.50. The number of aromatic nitrogens is 1. The van der Waals surface area contributed by atoms with Gasteiger partial charge in [-0.2, -0.15) is 0 Å². The van der Waals surface area contributed by atoms with Gasteiger partial charge < -0.3 is 4.98 Å². The summed E-state index contributed by atoms with van der Waals surface area (Å²) in [6.45, 7) is 1.95. The molecule has 2 aromatic carbocycles. The van der Waals surface area contributed by atoms with E-state index in [1.54, 1.807) is 6.20 Å². The first-order valence-corrected chi connectivity index (χ1v) is 6.52. The highest BCUT2D eigenvalue weighted by molar-refractivity contribution is 6.31. The normalized spacial score (nSPS) is 10.9. The summed E-state index contributed by atoms with van der Waals surface area (Å²) in [7, 11) is 0. The lowest BCUT2D eigenvalue weighted by molar-refractivity contribution is 0.104. The summed E-state index contributed by atoms with van der Waals surface area (Å²) in [5.74, 6) is -0.703. The maximum Gasteiger partial charge on any atom is 0.195 e. The van der Waals surface area contributed by atoms with Crippen molar-refractivity contribution in [2.24, 2.45) is 0 Å². The Balaban J connectivity index is 2.15. The molecule has 0 saturated carbocycles. The average Bonchev–Trinajstić information content (AvgIpc) is 2.86. The van der Waals surface area contributed by atoms with Gasteiger partial charge >= 0.3 is 0 Å². The van der Waals surface area contributed by atoms with Crippen LogP contribution in [-0.2, 0) is 0 Å². The van der Waals surface area contributed by atoms with Crippen molar-refractivity contribution in [1.82, 2.24) is 4.98 Å². The molecule has 0 radical (unpaired) electrons. The van der Waals surface area contributed by atoms with Gasteiger partial charge in [-0.1, -0.05) is 23.7 Å². The Labute approximate surface area is 120 Å². The zero-order valence-electron chi connectivity index (χ0n) is 10.7. The van der Waals surface area contributed by atoms with Gasteiger partial charge in [0, 0.05) is 28.2 Å². The summed E-state index contributed by atoms with van der Waals surface area (Å²) in [6, 6.07) is 9.80. The van der Waals surface area contributed by atoms with E-state index in [0.29, 0.717) is 11.1 Å². The van der Waals surface area contributed by atoms with E-state index in [4.69, 9.17) is 11.6 Å². The molecule has 20 heavy (non-hydrogen) atoms. The monoisotopic (exact) mass is 287 g/mol. The molecule has 3 aromatic rings. The number of halogens is 2. The van der Waals surface area contributed by atoms with Crippen LogP contribution in [0.5, 0.6) is 0 Å². The summed E-state index contributed by atoms with van der Waals surface area (Å²) in [6.07, 6.45) is 1.68. The Morgan fingerprint density at radius 2 is 2.05 bits per heavy atom. The molecule has 4 heteroatoms. The maximum atomic E-state index is 13.2. The third-order valence-electron chi connectivity index (χ3n) is 3.34. The van der Waals surface area contributed by atoms with Crippen LogP contribution in [0, 0.1) is 12.7 Å². The van der Waals surface area contributed by atoms with Crippen LogP contribution in [-0.4, -0.2) is 10.8 Å². The van der Waals surface area contributed by atoms with Crippen LogP contribution in [0.25, 0.3) is 10.9 Å². The molecule has 1 heterocycles. The second kappa shape index (κ2) is 4.76. The number of aromatic amines is 1. The first kappa shape index (κ1) is 12.9. The van der Waals surface area contributed by atoms with Gasteiger partial charge in [-0.15, -0.1) is 0 Å². The zero-order chi connectivity index (χ0) is 14.3. The van der Waals surface area contributed by atoms with E-state index in [1.165, 1.54) is 18.2 Å². The molecule has 2 nitrogen and oxygen atoms in total. The van der Waals surface area contributed by atoms with Gasteiger partial charge in [0.05, 0.1) is 5.02 Å². The molecule has 0 amide bonds. The fourth-order valence-corrected chi connectivity index (χ4v) is 2.52. The fourth-order valence-electron chi connectivity index (χ4n) is 2.34. The smallest absolute Gasteiger partial charge is 0.195 e. The number of hydrogen-bond donors (Lipinski definition) is 1. The van der Waals surface area contributed by atoms with Crippen molar-refractivity contribution in [3.8, 4) is 0 Å². The maximum absolute atomic E-state index is 13.2. The van der Waals surface area contributed by atoms with Crippen molar-refractivity contribution in [3.05, 3.63) is 70.1 Å². The number of benzene rings is 2. The van der Waals surface area contributed by atoms with Crippen LogP contribution in [0.4, 0.5) is 4.39 Å². The molecule has 0 aliphatic rings. The highest BCUT2D eigenvalue weighted by atomic mass is 35.5. The minimum Gasteiger partial charge on any atom is -0.360 e. The first-order valence-electron chi connectivity index (χ1n) is 6.14. The summed E-state index contributed by atoms with van der Waals surface area (Å²) in [5.41, 5.74) is 2.86. The molecule has 0 aliphatic heterocycles. The lowest BCUT2D eigenvalue weighted by atomic mass is 10.00. The van der Waals surface area contributed by atoms with Crippen LogP contribution in [0.15, 0.2) is 42.6 Å². The van der Waals surface area contributed by atoms with Crippen LogP contribution >= 0.6 is 11.6 Å². The number of fused-ring (bicyclic) bond motifs is 1. The van der Waals surface area contributed by atoms with Crippen LogP contribution in [0.3, 0.4) is 0 Å². The van der Waals surface area contributed by atoms with E-state index < -0.39 is 5.82 Å². The topological polar surface area (TPSA) is 32.9 Å². The molecule has 0 unspecified atom stereocenters. The molecule has 1 N–H and O–H groups in total. The standard InChI is InChI=1S/C16H11ClFNO/c1-9-3-2-4-14-15(9)11(8-19-14)16(20)10-5-6-13(18)12(17)7-10/h2-8,19H,1H3. The van der Waals surface area contributed by atoms with Gasteiger partial charge in [-0.05, 0) is 36.8 Å². The van der Waals surface area contributed by atoms with E-state index in [0.717, 1.165) is 16.5 Å². The van der Waals surface area contributed by atoms with Crippen LogP contribution in [0.2, 0.25) is 5.02 Å². The molecule has 0 aliphatic carbocycles. The van der Waals surface area contributed by atoms with Crippen molar-refractivity contribution >= 4 is 28.3 Å². The van der Waals surface area contributed by atoms with E-state index in [9.17, 15) is 9.18 Å². The Morgan fingerprint density at radius 3 is 2.80 bits per heavy atom. The van der Waals surface area contributed by atoms with Crippen LogP contribution < -0.4 is 0 Å². The van der Waals surface area contributed by atoms with Crippen LogP contribution in [0.1, 0.15) is 21.5 Å². The average molecular weight is 288 g/mol. The molecule has 0 spiro atoms. The Bertz CT molecular complexity index is 822. The number of ketones is 1. The second-order valence-corrected chi connectivity index (χ2v) is 5.07. The molecule has 100 valence electrons. The number of hydrogen-bond acceptors (Lipinski definition) is 1. The third kappa shape index (κ3) is 2.00. The summed E-state index contributed by atoms with van der Waals surface area (Å²) >= 11 is 5.73. The molecular weight excluding hydrogens is 277 g/mol. The van der Waals surface area contributed by atoms with Gasteiger partial charge in [0.2, 0.25) is 0 Å². The van der Waals surface area contributed by atoms with Gasteiger partial charge in [0.1, 0.15) is 5.82 Å². The lowest BCUT2D eigenvalue weighted by Crippen LogP contribution is -2.01. The van der Waals surface area contributed by atoms with Crippen molar-refractivity contribution in [3.63, 3.8) is 0 Å². The van der Waals surface area contributed by atoms with E-state index in [1.807, 2.05) is 25.1 Å². The summed E-state index contributed by atoms with van der Waals surface area (Å²) in [5, 5.41) is 0.838. The highest BCUT2D eigenvalue weighted by Crippen LogP contribution is 2.25. The zero-order valence-corrected chi connectivity index (χ0v) is 11.5. The molecule has 1 aromatic heterocycles. The molecule has 0 bridgehead atoms. The Hall–Kier alpha value is -2.13. The minimum absolute atomic E-state index is 0.0487. The number of nitrogens with one attached hydrogen (secondary N) is 1. The molecule has 3 rings (SSSR count). The second-order valence-electron chi connectivity index (χ2n) is 4.66. The van der Waals surface area contributed by atoms with E-state index in [-0.39, 0.29) is 10.8 Å². The number of H-pyrrole nitrogens is 1. The number of carbonyl (C=O) groups excluding carboxylic acids is 1. The minimum atomic E-state index is -0.529. The SMILES string of the molecule is Cc1cccc2[nH]cc(C(=O)c3ccc(F)c(Cl)c3)c12. The van der Waals surface area contributed by atoms with Gasteiger partial charge in [-0.25, -0.2) is 4.39 Å². The predicted molar refractivity (Wildman–Crippen MR) is 77.9 cm³/mol. The number of carbonyl (C=O) groups is 1. The number of aryl methyl sites for hydroxylation is 1. The Kier molecular flexibility index (Phi) is 3.07. The summed E-state index contributed by atoms with van der Waals surface area (Å²) < 4.78 is 13.2. The Morgan fingerprint density at radius 1 is 1.25 bits per heavy atom. The fraction of sp³-hybridized carbons (Fsp3) is 0.0625. The lowest BCUT2D eigenvalue weighted by Gasteiger charge is -2.03. The third-order valence-corrected chi connectivity index (χ3v) is 3.63. The molecule has 0 fully saturated rings. The quantitative estimate of drug-likeness (QED) is 0.692. The first-order chi connectivity index (χ1) is 9.58. The largest absolute Gasteiger partial charge is 0.360 e. The van der Waals surface area contributed by atoms with Gasteiger partial charge in [0.15, 0.2) is 5.78 Å².